The summed E-state index contributed by atoms with van der Waals surface area (Å²) in [6.07, 6.45) is 1.68. The first-order chi connectivity index (χ1) is 11.9. The largest absolute Gasteiger partial charge is 0.488 e. The minimum atomic E-state index is -0.309. The number of ether oxygens (including phenoxy) is 1. The zero-order chi connectivity index (χ0) is 18.0. The van der Waals surface area contributed by atoms with E-state index in [1.54, 1.807) is 31.3 Å². The highest BCUT2D eigenvalue weighted by Crippen LogP contribution is 2.27. The lowest BCUT2D eigenvalue weighted by Gasteiger charge is -2.10. The fourth-order valence-electron chi connectivity index (χ4n) is 2.33. The number of hydrogen-bond donors (Lipinski definition) is 1. The van der Waals surface area contributed by atoms with Gasteiger partial charge in [-0.15, -0.1) is 0 Å². The van der Waals surface area contributed by atoms with E-state index in [2.05, 4.69) is 21.2 Å². The van der Waals surface area contributed by atoms with E-state index in [9.17, 15) is 9.18 Å². The van der Waals surface area contributed by atoms with E-state index in [-0.39, 0.29) is 18.3 Å². The van der Waals surface area contributed by atoms with Gasteiger partial charge in [0, 0.05) is 17.1 Å². The fraction of sp³-hybridized carbons (Fsp3) is 0.111. The summed E-state index contributed by atoms with van der Waals surface area (Å²) in [7, 11) is 1.61. The number of amides is 1. The van der Waals surface area contributed by atoms with E-state index in [1.807, 2.05) is 12.1 Å². The smallest absolute Gasteiger partial charge is 0.276 e. The molecule has 0 atom stereocenters. The van der Waals surface area contributed by atoms with Crippen molar-refractivity contribution in [3.05, 3.63) is 69.6 Å². The first kappa shape index (κ1) is 17.6. The van der Waals surface area contributed by atoms with Crippen LogP contribution in [0.1, 0.15) is 11.1 Å². The van der Waals surface area contributed by atoms with Gasteiger partial charge in [-0.3, -0.25) is 9.69 Å². The Morgan fingerprint density at radius 3 is 2.80 bits per heavy atom. The summed E-state index contributed by atoms with van der Waals surface area (Å²) in [5.74, 6) is 0.0626. The van der Waals surface area contributed by atoms with Crippen molar-refractivity contribution in [2.45, 2.75) is 6.61 Å². The van der Waals surface area contributed by atoms with Gasteiger partial charge in [0.1, 0.15) is 23.9 Å². The minimum absolute atomic E-state index is 0.207. The van der Waals surface area contributed by atoms with Gasteiger partial charge in [-0.1, -0.05) is 28.1 Å². The van der Waals surface area contributed by atoms with Crippen LogP contribution < -0.4 is 10.1 Å². The molecule has 0 bridgehead atoms. The van der Waals surface area contributed by atoms with Crippen molar-refractivity contribution < 1.29 is 13.9 Å². The van der Waals surface area contributed by atoms with Gasteiger partial charge >= 0.3 is 0 Å². The van der Waals surface area contributed by atoms with E-state index in [1.165, 1.54) is 17.0 Å². The molecular formula is C18H14BrFN2O2S. The van der Waals surface area contributed by atoms with Gasteiger partial charge in [0.05, 0.1) is 0 Å². The highest BCUT2D eigenvalue weighted by Gasteiger charge is 2.27. The summed E-state index contributed by atoms with van der Waals surface area (Å²) in [6.45, 7) is 0.218. The van der Waals surface area contributed by atoms with Crippen LogP contribution in [0, 0.1) is 5.82 Å². The molecule has 0 unspecified atom stereocenters. The second-order valence-corrected chi connectivity index (χ2v) is 6.76. The molecule has 0 spiro atoms. The Morgan fingerprint density at radius 1 is 1.32 bits per heavy atom. The summed E-state index contributed by atoms with van der Waals surface area (Å²) >= 11 is 8.49. The molecule has 7 heteroatoms. The van der Waals surface area contributed by atoms with Crippen molar-refractivity contribution in [2.24, 2.45) is 0 Å². The maximum absolute atomic E-state index is 13.3. The van der Waals surface area contributed by atoms with Crippen LogP contribution in [-0.2, 0) is 11.4 Å². The van der Waals surface area contributed by atoms with Gasteiger partial charge in [-0.05, 0) is 54.2 Å². The highest BCUT2D eigenvalue weighted by molar-refractivity contribution is 9.10. The zero-order valence-corrected chi connectivity index (χ0v) is 15.7. The third kappa shape index (κ3) is 4.05. The Morgan fingerprint density at radius 2 is 2.12 bits per heavy atom. The number of likely N-dealkylation sites (N-methyl/N-ethyl adjacent to an activating group) is 1. The predicted octanol–water partition coefficient (Wildman–Crippen LogP) is 3.85. The molecule has 0 saturated carbocycles. The number of nitrogens with zero attached hydrogens (tertiary/aromatic N) is 1. The second-order valence-electron chi connectivity index (χ2n) is 5.45. The van der Waals surface area contributed by atoms with Crippen molar-refractivity contribution >= 4 is 45.2 Å². The monoisotopic (exact) mass is 420 g/mol. The first-order valence-electron chi connectivity index (χ1n) is 7.41. The quantitative estimate of drug-likeness (QED) is 0.602. The Hall–Kier alpha value is -2.25. The van der Waals surface area contributed by atoms with E-state index < -0.39 is 0 Å². The Balaban J connectivity index is 1.86. The molecular weight excluding hydrogens is 407 g/mol. The van der Waals surface area contributed by atoms with Crippen LogP contribution in [0.25, 0.3) is 6.08 Å². The molecule has 0 radical (unpaired) electrons. The minimum Gasteiger partial charge on any atom is -0.488 e. The lowest BCUT2D eigenvalue weighted by Crippen LogP contribution is -2.25. The number of hydrogen-bond acceptors (Lipinski definition) is 3. The molecule has 1 heterocycles. The summed E-state index contributed by atoms with van der Waals surface area (Å²) in [5, 5.41) is 3.23. The molecule has 1 saturated heterocycles. The maximum atomic E-state index is 13.3. The number of nitrogens with one attached hydrogen (secondary N) is 1. The van der Waals surface area contributed by atoms with Crippen molar-refractivity contribution in [2.75, 3.05) is 7.05 Å². The van der Waals surface area contributed by atoms with Crippen molar-refractivity contribution in [3.63, 3.8) is 0 Å². The molecule has 4 nitrogen and oxygen atoms in total. The van der Waals surface area contributed by atoms with Gasteiger partial charge < -0.3 is 10.1 Å². The molecule has 0 aromatic heterocycles. The Bertz CT molecular complexity index is 885. The van der Waals surface area contributed by atoms with Gasteiger partial charge in [0.2, 0.25) is 0 Å². The molecule has 1 aliphatic rings. The fourth-order valence-corrected chi connectivity index (χ4v) is 2.90. The molecule has 0 aliphatic carbocycles. The van der Waals surface area contributed by atoms with E-state index in [0.29, 0.717) is 22.1 Å². The maximum Gasteiger partial charge on any atom is 0.276 e. The number of carbonyl (C=O) groups is 1. The van der Waals surface area contributed by atoms with Crippen molar-refractivity contribution in [3.8, 4) is 5.75 Å². The number of rotatable bonds is 4. The van der Waals surface area contributed by atoms with E-state index >= 15 is 0 Å². The summed E-state index contributed by atoms with van der Waals surface area (Å²) < 4.78 is 19.9. The Kier molecular flexibility index (Phi) is 5.15. The van der Waals surface area contributed by atoms with E-state index in [0.717, 1.165) is 10.0 Å². The van der Waals surface area contributed by atoms with Gasteiger partial charge in [0.25, 0.3) is 5.91 Å². The number of benzene rings is 2. The van der Waals surface area contributed by atoms with Crippen LogP contribution in [-0.4, -0.2) is 23.0 Å². The second kappa shape index (κ2) is 7.33. The first-order valence-corrected chi connectivity index (χ1v) is 8.61. The molecule has 25 heavy (non-hydrogen) atoms. The number of halogens is 2. The zero-order valence-electron chi connectivity index (χ0n) is 13.3. The van der Waals surface area contributed by atoms with Crippen molar-refractivity contribution in [1.82, 2.24) is 10.2 Å². The predicted molar refractivity (Wildman–Crippen MR) is 101 cm³/mol. The summed E-state index contributed by atoms with van der Waals surface area (Å²) in [5.41, 5.74) is 1.80. The van der Waals surface area contributed by atoms with Crippen molar-refractivity contribution in [1.29, 1.82) is 0 Å². The van der Waals surface area contributed by atoms with Crippen LogP contribution >= 0.6 is 28.1 Å². The number of thiocarbonyl (C=S) groups is 1. The third-order valence-corrected chi connectivity index (χ3v) is 4.51. The topological polar surface area (TPSA) is 41.6 Å². The van der Waals surface area contributed by atoms with Crippen LogP contribution in [0.3, 0.4) is 0 Å². The molecule has 1 N–H and O–H groups in total. The summed E-state index contributed by atoms with van der Waals surface area (Å²) in [6, 6.07) is 11.7. The van der Waals surface area contributed by atoms with Gasteiger partial charge in [0.15, 0.2) is 5.11 Å². The van der Waals surface area contributed by atoms with Crippen LogP contribution in [0.5, 0.6) is 5.75 Å². The average Bonchev–Trinajstić information content (AvgIpc) is 2.81. The van der Waals surface area contributed by atoms with Crippen LogP contribution in [0.4, 0.5) is 4.39 Å². The summed E-state index contributed by atoms with van der Waals surface area (Å²) in [4.78, 5) is 13.5. The van der Waals surface area contributed by atoms with Crippen LogP contribution in [0.15, 0.2) is 52.6 Å². The Labute approximate surface area is 158 Å². The molecule has 3 rings (SSSR count). The molecule has 2 aromatic rings. The molecule has 128 valence electrons. The third-order valence-electron chi connectivity index (χ3n) is 3.64. The molecule has 1 fully saturated rings. The van der Waals surface area contributed by atoms with Gasteiger partial charge in [-0.2, -0.15) is 0 Å². The molecule has 1 aliphatic heterocycles. The van der Waals surface area contributed by atoms with Crippen LogP contribution in [0.2, 0.25) is 0 Å². The average molecular weight is 421 g/mol. The lowest BCUT2D eigenvalue weighted by atomic mass is 10.1. The molecule has 1 amide bonds. The normalized spacial score (nSPS) is 15.6. The highest BCUT2D eigenvalue weighted by atomic mass is 79.9. The number of carbonyl (C=O) groups excluding carboxylic acids is 1. The lowest BCUT2D eigenvalue weighted by molar-refractivity contribution is -0.121. The molecule has 2 aromatic carbocycles. The van der Waals surface area contributed by atoms with E-state index in [4.69, 9.17) is 17.0 Å². The SMILES string of the molecule is CN1C(=O)/C(=C/c2cc(Br)ccc2OCc2cccc(F)c2)NC1=S. The van der Waals surface area contributed by atoms with Gasteiger partial charge in [-0.25, -0.2) is 4.39 Å². The standard InChI is InChI=1S/C18H14BrFN2O2S/c1-22-17(23)15(21-18(22)25)9-12-8-13(19)5-6-16(12)24-10-11-3-2-4-14(20)7-11/h2-9H,10H2,1H3,(H,21,25)/b15-9-.